The Labute approximate surface area is 133 Å². The van der Waals surface area contributed by atoms with Gasteiger partial charge in [-0.25, -0.2) is 0 Å². The molecular weight excluding hydrogens is 321 g/mol. The number of para-hydroxylation sites is 1. The molecule has 4 nitrogen and oxygen atoms in total. The smallest absolute Gasteiger partial charge is 0.360 e. The van der Waals surface area contributed by atoms with Gasteiger partial charge in [-0.05, 0) is 30.3 Å². The van der Waals surface area contributed by atoms with Gasteiger partial charge >= 0.3 is 6.18 Å². The Balaban J connectivity index is 1.94. The van der Waals surface area contributed by atoms with Crippen LogP contribution in [0.4, 0.5) is 18.9 Å². The number of halogens is 3. The number of hydrogen-bond donors (Lipinski definition) is 2. The third-order valence-electron chi connectivity index (χ3n) is 3.48. The first-order chi connectivity index (χ1) is 11.4. The molecule has 0 radical (unpaired) electrons. The molecule has 1 aromatic heterocycles. The number of fused-ring (bicyclic) bond motifs is 1. The topological polar surface area (TPSA) is 62.0 Å². The van der Waals surface area contributed by atoms with E-state index >= 15 is 0 Å². The van der Waals surface area contributed by atoms with Gasteiger partial charge in [0.2, 0.25) is 5.43 Å². The molecule has 0 saturated carbocycles. The van der Waals surface area contributed by atoms with Crippen molar-refractivity contribution in [2.24, 2.45) is 0 Å². The molecule has 0 fully saturated rings. The molecule has 24 heavy (non-hydrogen) atoms. The van der Waals surface area contributed by atoms with Crippen LogP contribution in [0.2, 0.25) is 0 Å². The van der Waals surface area contributed by atoms with Crippen molar-refractivity contribution in [3.63, 3.8) is 0 Å². The van der Waals surface area contributed by atoms with Gasteiger partial charge in [0.05, 0.1) is 5.56 Å². The van der Waals surface area contributed by atoms with E-state index in [9.17, 15) is 22.8 Å². The molecule has 0 saturated heterocycles. The number of rotatable bonds is 2. The largest absolute Gasteiger partial charge is 0.416 e. The van der Waals surface area contributed by atoms with Crippen LogP contribution in [0.5, 0.6) is 0 Å². The summed E-state index contributed by atoms with van der Waals surface area (Å²) in [5.41, 5.74) is -1.02. The average Bonchev–Trinajstić information content (AvgIpc) is 2.55. The highest BCUT2D eigenvalue weighted by molar-refractivity contribution is 6.05. The fourth-order valence-electron chi connectivity index (χ4n) is 2.31. The average molecular weight is 332 g/mol. The fraction of sp³-hybridized carbons (Fsp3) is 0.0588. The number of aromatic nitrogens is 1. The first-order valence-electron chi connectivity index (χ1n) is 6.95. The molecule has 2 aromatic carbocycles. The molecule has 0 aliphatic carbocycles. The molecular formula is C17H11F3N2O2. The van der Waals surface area contributed by atoms with E-state index in [1.807, 2.05) is 0 Å². The number of aromatic amines is 1. The fourth-order valence-corrected chi connectivity index (χ4v) is 2.31. The zero-order valence-electron chi connectivity index (χ0n) is 12.1. The second-order valence-electron chi connectivity index (χ2n) is 5.11. The normalized spacial score (nSPS) is 11.5. The van der Waals surface area contributed by atoms with Gasteiger partial charge in [-0.1, -0.05) is 18.2 Å². The van der Waals surface area contributed by atoms with Gasteiger partial charge in [-0.2, -0.15) is 13.2 Å². The summed E-state index contributed by atoms with van der Waals surface area (Å²) in [5, 5.41) is 2.65. The lowest BCUT2D eigenvalue weighted by molar-refractivity contribution is -0.137. The van der Waals surface area contributed by atoms with E-state index in [4.69, 9.17) is 0 Å². The minimum atomic E-state index is -4.51. The Bertz CT molecular complexity index is 977. The number of nitrogens with one attached hydrogen (secondary N) is 2. The number of benzene rings is 2. The number of carbonyl (C=O) groups excluding carboxylic acids is 1. The van der Waals surface area contributed by atoms with Crippen molar-refractivity contribution < 1.29 is 18.0 Å². The molecule has 0 spiro atoms. The standard InChI is InChI=1S/C17H11F3N2O2/c18-17(19,20)10-4-3-5-11(8-10)22-16(24)13-9-21-14-7-2-1-6-12(14)15(13)23/h1-9H,(H,21,23)(H,22,24). The Hall–Kier alpha value is -3.09. The van der Waals surface area contributed by atoms with Gasteiger partial charge in [0.1, 0.15) is 5.56 Å². The Kier molecular flexibility index (Phi) is 3.84. The van der Waals surface area contributed by atoms with Crippen molar-refractivity contribution in [2.45, 2.75) is 6.18 Å². The minimum Gasteiger partial charge on any atom is -0.360 e. The van der Waals surface area contributed by atoms with Gasteiger partial charge in [-0.15, -0.1) is 0 Å². The van der Waals surface area contributed by atoms with E-state index in [0.29, 0.717) is 10.9 Å². The van der Waals surface area contributed by atoms with Gasteiger partial charge in [0.15, 0.2) is 0 Å². The number of anilines is 1. The molecule has 3 aromatic rings. The molecule has 2 N–H and O–H groups in total. The summed E-state index contributed by atoms with van der Waals surface area (Å²) in [4.78, 5) is 27.4. The Morgan fingerprint density at radius 1 is 1.04 bits per heavy atom. The van der Waals surface area contributed by atoms with Crippen LogP contribution in [-0.4, -0.2) is 10.9 Å². The molecule has 0 aliphatic rings. The highest BCUT2D eigenvalue weighted by atomic mass is 19.4. The van der Waals surface area contributed by atoms with Crippen LogP contribution in [0.15, 0.2) is 59.5 Å². The molecule has 0 unspecified atom stereocenters. The SMILES string of the molecule is O=C(Nc1cccc(C(F)(F)F)c1)c1c[nH]c2ccccc2c1=O. The maximum atomic E-state index is 12.7. The molecule has 3 rings (SSSR count). The predicted octanol–water partition coefficient (Wildman–Crippen LogP) is 3.80. The van der Waals surface area contributed by atoms with E-state index in [0.717, 1.165) is 12.1 Å². The van der Waals surface area contributed by atoms with Gasteiger partial charge in [0.25, 0.3) is 5.91 Å². The van der Waals surface area contributed by atoms with Crippen molar-refractivity contribution in [3.8, 4) is 0 Å². The highest BCUT2D eigenvalue weighted by Crippen LogP contribution is 2.30. The van der Waals surface area contributed by atoms with Gasteiger partial charge < -0.3 is 10.3 Å². The first-order valence-corrected chi connectivity index (χ1v) is 6.95. The number of alkyl halides is 3. The molecule has 0 aliphatic heterocycles. The van der Waals surface area contributed by atoms with Crippen molar-refractivity contribution in [2.75, 3.05) is 5.32 Å². The third-order valence-corrected chi connectivity index (χ3v) is 3.48. The number of H-pyrrole nitrogens is 1. The molecule has 1 heterocycles. The van der Waals surface area contributed by atoms with E-state index in [1.165, 1.54) is 18.3 Å². The van der Waals surface area contributed by atoms with E-state index in [2.05, 4.69) is 10.3 Å². The Morgan fingerprint density at radius 3 is 2.54 bits per heavy atom. The quantitative estimate of drug-likeness (QED) is 0.750. The van der Waals surface area contributed by atoms with Crippen LogP contribution < -0.4 is 10.7 Å². The molecule has 0 bridgehead atoms. The number of hydrogen-bond acceptors (Lipinski definition) is 2. The second kappa shape index (κ2) is 5.84. The van der Waals surface area contributed by atoms with Crippen molar-refractivity contribution in [3.05, 3.63) is 76.1 Å². The van der Waals surface area contributed by atoms with Crippen LogP contribution in [0.3, 0.4) is 0 Å². The van der Waals surface area contributed by atoms with E-state index in [-0.39, 0.29) is 11.3 Å². The summed E-state index contributed by atoms with van der Waals surface area (Å²) in [5.74, 6) is -0.777. The summed E-state index contributed by atoms with van der Waals surface area (Å²) in [7, 11) is 0. The van der Waals surface area contributed by atoms with Crippen LogP contribution in [-0.2, 0) is 6.18 Å². The molecule has 122 valence electrons. The van der Waals surface area contributed by atoms with Crippen molar-refractivity contribution >= 4 is 22.5 Å². The zero-order chi connectivity index (χ0) is 17.3. The predicted molar refractivity (Wildman–Crippen MR) is 84.0 cm³/mol. The molecule has 7 heteroatoms. The van der Waals surface area contributed by atoms with Crippen LogP contribution >= 0.6 is 0 Å². The summed E-state index contributed by atoms with van der Waals surface area (Å²) in [6.07, 6.45) is -3.27. The molecule has 0 atom stereocenters. The number of pyridine rings is 1. The lowest BCUT2D eigenvalue weighted by Crippen LogP contribution is -2.22. The summed E-state index contributed by atoms with van der Waals surface area (Å²) in [6, 6.07) is 10.9. The van der Waals surface area contributed by atoms with Crippen LogP contribution in [0.1, 0.15) is 15.9 Å². The maximum Gasteiger partial charge on any atom is 0.416 e. The molecule has 1 amide bonds. The number of amides is 1. The zero-order valence-corrected chi connectivity index (χ0v) is 12.1. The Morgan fingerprint density at radius 2 is 1.79 bits per heavy atom. The highest BCUT2D eigenvalue weighted by Gasteiger charge is 2.30. The first kappa shape index (κ1) is 15.8. The lowest BCUT2D eigenvalue weighted by Gasteiger charge is -2.10. The van der Waals surface area contributed by atoms with Gasteiger partial charge in [-0.3, -0.25) is 9.59 Å². The monoisotopic (exact) mass is 332 g/mol. The van der Waals surface area contributed by atoms with Crippen LogP contribution in [0.25, 0.3) is 10.9 Å². The van der Waals surface area contributed by atoms with E-state index in [1.54, 1.807) is 24.3 Å². The van der Waals surface area contributed by atoms with Crippen molar-refractivity contribution in [1.82, 2.24) is 4.98 Å². The van der Waals surface area contributed by atoms with Crippen molar-refractivity contribution in [1.29, 1.82) is 0 Å². The number of carbonyl (C=O) groups is 1. The maximum absolute atomic E-state index is 12.7. The summed E-state index contributed by atoms with van der Waals surface area (Å²) >= 11 is 0. The second-order valence-corrected chi connectivity index (χ2v) is 5.11. The van der Waals surface area contributed by atoms with Gasteiger partial charge in [0, 0.05) is 22.8 Å². The third kappa shape index (κ3) is 3.01. The lowest BCUT2D eigenvalue weighted by atomic mass is 10.1. The minimum absolute atomic E-state index is 0.0395. The van der Waals surface area contributed by atoms with E-state index < -0.39 is 23.1 Å². The van der Waals surface area contributed by atoms with Crippen LogP contribution in [0, 0.1) is 0 Å². The summed E-state index contributed by atoms with van der Waals surface area (Å²) in [6.45, 7) is 0. The summed E-state index contributed by atoms with van der Waals surface area (Å²) < 4.78 is 38.1.